The van der Waals surface area contributed by atoms with Crippen LogP contribution in [-0.4, -0.2) is 57.5 Å². The molecule has 10 heteroatoms. The zero-order chi connectivity index (χ0) is 22.9. The summed E-state index contributed by atoms with van der Waals surface area (Å²) < 4.78 is 18.1. The summed E-state index contributed by atoms with van der Waals surface area (Å²) in [5.41, 5.74) is 1.50. The Morgan fingerprint density at radius 3 is 2.69 bits per heavy atom. The van der Waals surface area contributed by atoms with Crippen molar-refractivity contribution in [3.05, 3.63) is 63.9 Å². The number of anilines is 1. The first kappa shape index (κ1) is 22.7. The summed E-state index contributed by atoms with van der Waals surface area (Å²) >= 11 is 3.53. The minimum Gasteiger partial charge on any atom is -0.479 e. The third kappa shape index (κ3) is 4.23. The average molecular weight is 504 g/mol. The number of aliphatic hydroxyl groups is 1. The Kier molecular flexibility index (Phi) is 6.47. The Morgan fingerprint density at radius 2 is 2.00 bits per heavy atom. The number of para-hydroxylation sites is 1. The molecule has 0 fully saturated rings. The highest BCUT2D eigenvalue weighted by molar-refractivity contribution is 9.10. The van der Waals surface area contributed by atoms with Crippen LogP contribution in [-0.2, 0) is 22.9 Å². The molecule has 1 aliphatic heterocycles. The molecule has 0 aliphatic carbocycles. The van der Waals surface area contributed by atoms with E-state index in [4.69, 9.17) is 14.2 Å². The predicted octanol–water partition coefficient (Wildman–Crippen LogP) is 2.85. The first-order valence-corrected chi connectivity index (χ1v) is 10.9. The molecule has 4 rings (SSSR count). The van der Waals surface area contributed by atoms with Crippen molar-refractivity contribution in [2.24, 2.45) is 7.05 Å². The zero-order valence-electron chi connectivity index (χ0n) is 18.3. The van der Waals surface area contributed by atoms with Crippen molar-refractivity contribution < 1.29 is 19.3 Å². The molecule has 2 heterocycles. The fraction of sp³-hybridized carbons (Fsp3) is 0.409. The molecule has 0 bridgehead atoms. The van der Waals surface area contributed by atoms with E-state index in [0.717, 1.165) is 21.3 Å². The van der Waals surface area contributed by atoms with Crippen molar-refractivity contribution in [3.63, 3.8) is 0 Å². The minimum absolute atomic E-state index is 0.495. The van der Waals surface area contributed by atoms with Crippen molar-refractivity contribution in [1.29, 1.82) is 0 Å². The minimum atomic E-state index is -1.15. The number of aliphatic hydroxyl groups excluding tert-OH is 1. The maximum atomic E-state index is 11.5. The van der Waals surface area contributed by atoms with Gasteiger partial charge in [0.05, 0.1) is 13.1 Å². The average Bonchev–Trinajstić information content (AvgIpc) is 3.18. The molecule has 0 radical (unpaired) electrons. The molecule has 2 N–H and O–H groups in total. The molecule has 1 aromatic heterocycles. The summed E-state index contributed by atoms with van der Waals surface area (Å²) in [5, 5.41) is 27.3. The van der Waals surface area contributed by atoms with E-state index in [1.54, 1.807) is 14.0 Å². The van der Waals surface area contributed by atoms with Gasteiger partial charge >= 0.3 is 0 Å². The Morgan fingerprint density at radius 1 is 1.25 bits per heavy atom. The first-order valence-electron chi connectivity index (χ1n) is 10.1. The molecule has 0 amide bonds. The van der Waals surface area contributed by atoms with Crippen molar-refractivity contribution in [3.8, 4) is 5.75 Å². The highest BCUT2D eigenvalue weighted by atomic mass is 79.9. The number of hydrogen-bond acceptors (Lipinski definition) is 8. The van der Waals surface area contributed by atoms with Crippen LogP contribution in [0, 0.1) is 0 Å². The van der Waals surface area contributed by atoms with Crippen LogP contribution in [0.25, 0.3) is 0 Å². The molecular weight excluding hydrogens is 478 g/mol. The lowest BCUT2D eigenvalue weighted by molar-refractivity contribution is -0.236. The van der Waals surface area contributed by atoms with Crippen LogP contribution in [0.4, 0.5) is 5.69 Å². The molecule has 0 spiro atoms. The van der Waals surface area contributed by atoms with Crippen LogP contribution >= 0.6 is 15.9 Å². The number of benzene rings is 2. The summed E-state index contributed by atoms with van der Waals surface area (Å²) in [6.45, 7) is 1.78. The van der Waals surface area contributed by atoms with Gasteiger partial charge in [0.15, 0.2) is 17.7 Å². The topological polar surface area (TPSA) is 104 Å². The number of nitrogens with zero attached hydrogens (tertiary/aromatic N) is 4. The van der Waals surface area contributed by atoms with Gasteiger partial charge in [-0.3, -0.25) is 0 Å². The van der Waals surface area contributed by atoms with Gasteiger partial charge in [0.2, 0.25) is 0 Å². The smallest absolute Gasteiger partial charge is 0.199 e. The number of fused-ring (bicyclic) bond motifs is 1. The quantitative estimate of drug-likeness (QED) is 0.474. The predicted molar refractivity (Wildman–Crippen MR) is 121 cm³/mol. The van der Waals surface area contributed by atoms with Crippen LogP contribution in [0.1, 0.15) is 29.9 Å². The summed E-state index contributed by atoms with van der Waals surface area (Å²) in [6, 6.07) is 13.1. The van der Waals surface area contributed by atoms with Crippen molar-refractivity contribution in [2.75, 3.05) is 19.5 Å². The summed E-state index contributed by atoms with van der Waals surface area (Å²) in [4.78, 5) is 1.43. The van der Waals surface area contributed by atoms with E-state index in [1.807, 2.05) is 42.5 Å². The van der Waals surface area contributed by atoms with Gasteiger partial charge < -0.3 is 24.6 Å². The molecule has 0 saturated carbocycles. The third-order valence-electron chi connectivity index (χ3n) is 5.66. The van der Waals surface area contributed by atoms with Gasteiger partial charge in [0, 0.05) is 36.4 Å². The Hall–Kier alpha value is -2.53. The lowest BCUT2D eigenvalue weighted by atomic mass is 9.84. The van der Waals surface area contributed by atoms with Gasteiger partial charge in [0.1, 0.15) is 11.9 Å². The van der Waals surface area contributed by atoms with Crippen LogP contribution in [0.3, 0.4) is 0 Å². The first-order chi connectivity index (χ1) is 15.4. The van der Waals surface area contributed by atoms with Crippen LogP contribution in [0.2, 0.25) is 0 Å². The van der Waals surface area contributed by atoms with Gasteiger partial charge in [-0.15, -0.1) is 10.2 Å². The number of tetrazole rings is 1. The lowest BCUT2D eigenvalue weighted by Gasteiger charge is -2.47. The second kappa shape index (κ2) is 9.14. The molecule has 9 nitrogen and oxygen atoms in total. The van der Waals surface area contributed by atoms with Gasteiger partial charge in [-0.05, 0) is 42.0 Å². The molecule has 32 heavy (non-hydrogen) atoms. The van der Waals surface area contributed by atoms with Gasteiger partial charge in [-0.2, -0.15) is 4.80 Å². The second-order valence-corrected chi connectivity index (χ2v) is 8.78. The molecule has 0 saturated heterocycles. The van der Waals surface area contributed by atoms with Gasteiger partial charge in [-0.1, -0.05) is 34.1 Å². The summed E-state index contributed by atoms with van der Waals surface area (Å²) in [6.07, 6.45) is -1.27. The number of halogens is 1. The normalized spacial score (nSPS) is 22.5. The van der Waals surface area contributed by atoms with Crippen LogP contribution in [0.5, 0.6) is 5.75 Å². The summed E-state index contributed by atoms with van der Waals surface area (Å²) in [7, 11) is 4.78. The van der Waals surface area contributed by atoms with Gasteiger partial charge in [-0.25, -0.2) is 0 Å². The molecule has 170 valence electrons. The number of hydrogen-bond donors (Lipinski definition) is 2. The Labute approximate surface area is 194 Å². The number of methoxy groups -OCH3 is 2. The van der Waals surface area contributed by atoms with Crippen LogP contribution in [0.15, 0.2) is 46.9 Å². The van der Waals surface area contributed by atoms with E-state index >= 15 is 0 Å². The lowest BCUT2D eigenvalue weighted by Crippen LogP contribution is -2.60. The van der Waals surface area contributed by atoms with E-state index < -0.39 is 24.0 Å². The Bertz CT molecular complexity index is 1090. The highest BCUT2D eigenvalue weighted by Crippen LogP contribution is 2.44. The SMILES string of the molecule is COC(OC)[C@]1(C)Oc2ccc(Br)cc2[C@H](Nc2ccccc2Cc2nnn(C)n2)[C@H]1O. The molecule has 3 atom stereocenters. The third-order valence-corrected chi connectivity index (χ3v) is 6.16. The van der Waals surface area contributed by atoms with Crippen LogP contribution < -0.4 is 10.1 Å². The largest absolute Gasteiger partial charge is 0.479 e. The van der Waals surface area contributed by atoms with Crippen molar-refractivity contribution >= 4 is 21.6 Å². The molecule has 1 aliphatic rings. The standard InChI is InChI=1S/C22H26BrN5O4/c1-22(21(30-3)31-4)20(29)19(15-12-14(23)9-10-17(15)32-22)24-16-8-6-5-7-13(16)11-18-25-27-28(2)26-18/h5-10,12,19-21,24,29H,11H2,1-4H3/t19-,20+,22+/m0/s1. The van der Waals surface area contributed by atoms with E-state index in [0.29, 0.717) is 18.0 Å². The number of aryl methyl sites for hydroxylation is 1. The number of rotatable bonds is 7. The number of aromatic nitrogens is 4. The Balaban J connectivity index is 1.73. The molecular formula is C22H26BrN5O4. The maximum Gasteiger partial charge on any atom is 0.199 e. The summed E-state index contributed by atoms with van der Waals surface area (Å²) in [5.74, 6) is 1.26. The molecule has 0 unspecified atom stereocenters. The number of ether oxygens (including phenoxy) is 3. The second-order valence-electron chi connectivity index (χ2n) is 7.87. The molecule has 2 aromatic carbocycles. The fourth-order valence-corrected chi connectivity index (χ4v) is 4.49. The molecule has 3 aromatic rings. The van der Waals surface area contributed by atoms with Crippen molar-refractivity contribution in [1.82, 2.24) is 20.2 Å². The monoisotopic (exact) mass is 503 g/mol. The van der Waals surface area contributed by atoms with Gasteiger partial charge in [0.25, 0.3) is 0 Å². The maximum absolute atomic E-state index is 11.5. The number of nitrogens with one attached hydrogen (secondary N) is 1. The van der Waals surface area contributed by atoms with E-state index in [1.165, 1.54) is 19.0 Å². The fourth-order valence-electron chi connectivity index (χ4n) is 4.11. The zero-order valence-corrected chi connectivity index (χ0v) is 19.9. The van der Waals surface area contributed by atoms with E-state index in [-0.39, 0.29) is 0 Å². The van der Waals surface area contributed by atoms with Crippen molar-refractivity contribution in [2.45, 2.75) is 37.4 Å². The highest BCUT2D eigenvalue weighted by Gasteiger charge is 2.52. The van der Waals surface area contributed by atoms with E-state index in [2.05, 4.69) is 36.7 Å². The van der Waals surface area contributed by atoms with E-state index in [9.17, 15) is 5.11 Å².